The van der Waals surface area contributed by atoms with Crippen molar-refractivity contribution >= 4 is 23.7 Å². The number of hydrogen-bond donors (Lipinski definition) is 1. The van der Waals surface area contributed by atoms with Gasteiger partial charge in [0.1, 0.15) is 24.8 Å². The molecule has 1 amide bonds. The van der Waals surface area contributed by atoms with E-state index in [0.717, 1.165) is 11.1 Å². The molecule has 0 bridgehead atoms. The molecule has 0 saturated carbocycles. The van der Waals surface area contributed by atoms with E-state index in [4.69, 9.17) is 25.8 Å². The third-order valence-electron chi connectivity index (χ3n) is 5.31. The standard InChI is InChI=1S/C29H24ClFN2O4/c1-35-28-16-23(10-14-27(28)37-18-20-5-3-2-4-6-20)29(34)33-32-17-22-9-13-26(25(30)15-22)36-19-21-7-11-24(31)12-8-21/h2-17H,18-19H2,1H3,(H,33,34)/b32-17+. The number of benzene rings is 4. The summed E-state index contributed by atoms with van der Waals surface area (Å²) in [5.74, 6) is 0.739. The summed E-state index contributed by atoms with van der Waals surface area (Å²) in [6, 6.07) is 25.8. The number of carbonyl (C=O) groups is 1. The summed E-state index contributed by atoms with van der Waals surface area (Å²) in [4.78, 5) is 12.6. The monoisotopic (exact) mass is 518 g/mol. The first-order valence-electron chi connectivity index (χ1n) is 11.4. The van der Waals surface area contributed by atoms with Crippen molar-refractivity contribution < 1.29 is 23.4 Å². The smallest absolute Gasteiger partial charge is 0.271 e. The van der Waals surface area contributed by atoms with E-state index in [1.165, 1.54) is 25.5 Å². The van der Waals surface area contributed by atoms with Gasteiger partial charge in [0, 0.05) is 5.56 Å². The Morgan fingerprint density at radius 1 is 0.865 bits per heavy atom. The highest BCUT2D eigenvalue weighted by atomic mass is 35.5. The van der Waals surface area contributed by atoms with Crippen LogP contribution in [-0.2, 0) is 13.2 Å². The van der Waals surface area contributed by atoms with E-state index in [2.05, 4.69) is 10.5 Å². The Balaban J connectivity index is 1.32. The maximum Gasteiger partial charge on any atom is 0.271 e. The molecule has 0 aliphatic rings. The molecule has 37 heavy (non-hydrogen) atoms. The Bertz CT molecular complexity index is 1380. The van der Waals surface area contributed by atoms with Crippen molar-refractivity contribution in [2.45, 2.75) is 13.2 Å². The third kappa shape index (κ3) is 7.32. The fourth-order valence-electron chi connectivity index (χ4n) is 3.35. The molecule has 6 nitrogen and oxygen atoms in total. The van der Waals surface area contributed by atoms with Crippen LogP contribution in [0.25, 0.3) is 0 Å². The SMILES string of the molecule is COc1cc(C(=O)N/N=C/c2ccc(OCc3ccc(F)cc3)c(Cl)c2)ccc1OCc1ccccc1. The van der Waals surface area contributed by atoms with Crippen LogP contribution in [0.5, 0.6) is 17.2 Å². The van der Waals surface area contributed by atoms with Crippen molar-refractivity contribution in [3.05, 3.63) is 124 Å². The zero-order chi connectivity index (χ0) is 26.0. The second-order valence-corrected chi connectivity index (χ2v) is 8.35. The first kappa shape index (κ1) is 25.7. The molecule has 0 aliphatic heterocycles. The highest BCUT2D eigenvalue weighted by molar-refractivity contribution is 6.32. The van der Waals surface area contributed by atoms with Crippen molar-refractivity contribution in [2.75, 3.05) is 7.11 Å². The maximum absolute atomic E-state index is 13.0. The minimum absolute atomic E-state index is 0.253. The molecule has 0 saturated heterocycles. The van der Waals surface area contributed by atoms with Crippen LogP contribution in [0.4, 0.5) is 4.39 Å². The molecular formula is C29H24ClFN2O4. The van der Waals surface area contributed by atoms with Crippen molar-refractivity contribution in [1.29, 1.82) is 0 Å². The van der Waals surface area contributed by atoms with E-state index < -0.39 is 5.91 Å². The van der Waals surface area contributed by atoms with Gasteiger partial charge in [0.05, 0.1) is 18.3 Å². The first-order valence-corrected chi connectivity index (χ1v) is 11.7. The van der Waals surface area contributed by atoms with Crippen LogP contribution in [0.2, 0.25) is 5.02 Å². The number of rotatable bonds is 10. The minimum Gasteiger partial charge on any atom is -0.493 e. The lowest BCUT2D eigenvalue weighted by atomic mass is 10.2. The molecule has 0 aromatic heterocycles. The number of ether oxygens (including phenoxy) is 3. The fraction of sp³-hybridized carbons (Fsp3) is 0.103. The molecule has 0 aliphatic carbocycles. The largest absolute Gasteiger partial charge is 0.493 e. The Kier molecular flexibility index (Phi) is 8.73. The molecule has 4 aromatic carbocycles. The molecule has 0 radical (unpaired) electrons. The van der Waals surface area contributed by atoms with Gasteiger partial charge in [-0.15, -0.1) is 0 Å². The number of nitrogens with zero attached hydrogens (tertiary/aromatic N) is 1. The highest BCUT2D eigenvalue weighted by Gasteiger charge is 2.11. The van der Waals surface area contributed by atoms with E-state index in [-0.39, 0.29) is 12.4 Å². The summed E-state index contributed by atoms with van der Waals surface area (Å²) >= 11 is 6.31. The van der Waals surface area contributed by atoms with Crippen LogP contribution in [0, 0.1) is 5.82 Å². The molecule has 0 heterocycles. The lowest BCUT2D eigenvalue weighted by Crippen LogP contribution is -2.17. The Labute approximate surface area is 219 Å². The van der Waals surface area contributed by atoms with E-state index in [0.29, 0.717) is 40.0 Å². The van der Waals surface area contributed by atoms with Crippen molar-refractivity contribution in [3.8, 4) is 17.2 Å². The summed E-state index contributed by atoms with van der Waals surface area (Å²) in [7, 11) is 1.52. The van der Waals surface area contributed by atoms with Gasteiger partial charge in [0.25, 0.3) is 5.91 Å². The molecule has 0 atom stereocenters. The summed E-state index contributed by atoms with van der Waals surface area (Å²) in [5.41, 5.74) is 5.36. The van der Waals surface area contributed by atoms with Gasteiger partial charge in [0.15, 0.2) is 11.5 Å². The van der Waals surface area contributed by atoms with E-state index >= 15 is 0 Å². The molecule has 0 spiro atoms. The quantitative estimate of drug-likeness (QED) is 0.194. The highest BCUT2D eigenvalue weighted by Crippen LogP contribution is 2.29. The van der Waals surface area contributed by atoms with Crippen molar-refractivity contribution in [1.82, 2.24) is 5.43 Å². The van der Waals surface area contributed by atoms with Crippen molar-refractivity contribution in [3.63, 3.8) is 0 Å². The fourth-order valence-corrected chi connectivity index (χ4v) is 3.59. The van der Waals surface area contributed by atoms with Crippen LogP contribution in [0.15, 0.2) is 96.1 Å². The number of nitrogens with one attached hydrogen (secondary N) is 1. The second kappa shape index (κ2) is 12.6. The van der Waals surface area contributed by atoms with Crippen LogP contribution < -0.4 is 19.6 Å². The molecule has 0 unspecified atom stereocenters. The molecule has 0 fully saturated rings. The number of methoxy groups -OCH3 is 1. The topological polar surface area (TPSA) is 69.2 Å². The van der Waals surface area contributed by atoms with E-state index in [1.807, 2.05) is 30.3 Å². The van der Waals surface area contributed by atoms with Gasteiger partial charge >= 0.3 is 0 Å². The number of hydrazone groups is 1. The lowest BCUT2D eigenvalue weighted by Gasteiger charge is -2.12. The van der Waals surface area contributed by atoms with Crippen LogP contribution in [0.3, 0.4) is 0 Å². The number of hydrogen-bond acceptors (Lipinski definition) is 5. The normalized spacial score (nSPS) is 10.8. The number of halogens is 2. The van der Waals surface area contributed by atoms with Gasteiger partial charge in [-0.25, -0.2) is 9.82 Å². The van der Waals surface area contributed by atoms with E-state index in [1.54, 1.807) is 48.5 Å². The number of carbonyl (C=O) groups excluding carboxylic acids is 1. The summed E-state index contributed by atoms with van der Waals surface area (Å²) in [5, 5.41) is 4.40. The predicted molar refractivity (Wildman–Crippen MR) is 141 cm³/mol. The molecular weight excluding hydrogens is 495 g/mol. The average Bonchev–Trinajstić information content (AvgIpc) is 2.92. The zero-order valence-corrected chi connectivity index (χ0v) is 20.7. The van der Waals surface area contributed by atoms with Crippen molar-refractivity contribution in [2.24, 2.45) is 5.10 Å². The van der Waals surface area contributed by atoms with E-state index in [9.17, 15) is 9.18 Å². The number of amides is 1. The zero-order valence-electron chi connectivity index (χ0n) is 20.0. The summed E-state index contributed by atoms with van der Waals surface area (Å²) in [6.07, 6.45) is 1.47. The second-order valence-electron chi connectivity index (χ2n) is 7.94. The Morgan fingerprint density at radius 2 is 1.54 bits per heavy atom. The molecule has 8 heteroatoms. The van der Waals surface area contributed by atoms with Gasteiger partial charge < -0.3 is 14.2 Å². The summed E-state index contributed by atoms with van der Waals surface area (Å²) < 4.78 is 30.0. The molecule has 4 aromatic rings. The van der Waals surface area contributed by atoms with Crippen LogP contribution >= 0.6 is 11.6 Å². The third-order valence-corrected chi connectivity index (χ3v) is 5.60. The average molecular weight is 519 g/mol. The lowest BCUT2D eigenvalue weighted by molar-refractivity contribution is 0.0954. The van der Waals surface area contributed by atoms with Crippen LogP contribution in [-0.4, -0.2) is 19.2 Å². The Hall–Kier alpha value is -4.36. The first-order chi connectivity index (χ1) is 18.0. The summed E-state index contributed by atoms with van der Waals surface area (Å²) in [6.45, 7) is 0.634. The maximum atomic E-state index is 13.0. The van der Waals surface area contributed by atoms with Gasteiger partial charge in [-0.05, 0) is 65.2 Å². The molecule has 1 N–H and O–H groups in total. The van der Waals surface area contributed by atoms with Gasteiger partial charge in [-0.3, -0.25) is 4.79 Å². The Morgan fingerprint density at radius 3 is 2.24 bits per heavy atom. The molecule has 188 valence electrons. The van der Waals surface area contributed by atoms with Gasteiger partial charge in [-0.2, -0.15) is 5.10 Å². The predicted octanol–water partition coefficient (Wildman–Crippen LogP) is 6.41. The molecule has 4 rings (SSSR count). The van der Waals surface area contributed by atoms with Gasteiger partial charge in [-0.1, -0.05) is 54.1 Å². The minimum atomic E-state index is -0.408. The van der Waals surface area contributed by atoms with Gasteiger partial charge in [0.2, 0.25) is 0 Å². The van der Waals surface area contributed by atoms with Crippen LogP contribution in [0.1, 0.15) is 27.0 Å².